The predicted octanol–water partition coefficient (Wildman–Crippen LogP) is 17.3. The van der Waals surface area contributed by atoms with Gasteiger partial charge in [-0.1, -0.05) is 224 Å². The minimum Gasteiger partial charge on any atom is -0.477 e. The highest BCUT2D eigenvalue weighted by atomic mass is 16.6. The second-order valence-corrected chi connectivity index (χ2v) is 20.9. The van der Waals surface area contributed by atoms with Crippen LogP contribution in [0.5, 0.6) is 0 Å². The molecule has 0 aliphatic rings. The van der Waals surface area contributed by atoms with Gasteiger partial charge in [-0.2, -0.15) is 0 Å². The second kappa shape index (κ2) is 50.9. The molecule has 8 heteroatoms. The number of carboxylic acids is 1. The molecule has 0 amide bonds. The van der Waals surface area contributed by atoms with Crippen LogP contribution in [0.15, 0.2) is 36.5 Å². The number of rotatable bonds is 53. The van der Waals surface area contributed by atoms with Crippen LogP contribution in [-0.4, -0.2) is 80.6 Å². The highest BCUT2D eigenvalue weighted by molar-refractivity contribution is 5.72. The Morgan fingerprint density at radius 2 is 0.779 bits per heavy atom. The molecule has 68 heavy (non-hydrogen) atoms. The lowest BCUT2D eigenvalue weighted by Crippen LogP contribution is -2.50. The van der Waals surface area contributed by atoms with Gasteiger partial charge in [0.1, 0.15) is 6.61 Å². The van der Waals surface area contributed by atoms with E-state index in [4.69, 9.17) is 14.2 Å². The van der Waals surface area contributed by atoms with Gasteiger partial charge >= 0.3 is 17.9 Å². The van der Waals surface area contributed by atoms with Crippen molar-refractivity contribution in [3.05, 3.63) is 36.5 Å². The van der Waals surface area contributed by atoms with E-state index in [1.807, 2.05) is 21.1 Å². The molecule has 2 unspecified atom stereocenters. The predicted molar refractivity (Wildman–Crippen MR) is 289 cm³/mol. The van der Waals surface area contributed by atoms with E-state index in [0.29, 0.717) is 19.3 Å². The molecule has 0 bridgehead atoms. The van der Waals surface area contributed by atoms with Crippen molar-refractivity contribution in [2.75, 3.05) is 41.0 Å². The summed E-state index contributed by atoms with van der Waals surface area (Å²) < 4.78 is 17.4. The molecule has 8 nitrogen and oxygen atoms in total. The number of unbranched alkanes of at least 4 members (excludes halogenated alkanes) is 33. The molecular weight excluding hydrogens is 847 g/mol. The van der Waals surface area contributed by atoms with Crippen molar-refractivity contribution in [2.24, 2.45) is 0 Å². The fraction of sp³-hybridized carbons (Fsp3) is 0.850. The molecule has 0 aliphatic heterocycles. The zero-order valence-electron chi connectivity index (χ0n) is 45.6. The molecule has 0 fully saturated rings. The third-order valence-electron chi connectivity index (χ3n) is 13.3. The Bertz CT molecular complexity index is 1210. The largest absolute Gasteiger partial charge is 0.477 e. The summed E-state index contributed by atoms with van der Waals surface area (Å²) in [4.78, 5) is 37.3. The number of allylic oxidation sites excluding steroid dienone is 6. The van der Waals surface area contributed by atoms with E-state index >= 15 is 0 Å². The number of quaternary nitrogens is 1. The first-order valence-corrected chi connectivity index (χ1v) is 29.0. The Labute approximate surface area is 421 Å². The third-order valence-corrected chi connectivity index (χ3v) is 13.3. The molecule has 2 atom stereocenters. The van der Waals surface area contributed by atoms with Crippen LogP contribution in [0.1, 0.15) is 277 Å². The normalized spacial score (nSPS) is 13.0. The summed E-state index contributed by atoms with van der Waals surface area (Å²) in [7, 11) is 5.54. The zero-order chi connectivity index (χ0) is 49.9. The Hall–Kier alpha value is -2.45. The van der Waals surface area contributed by atoms with Gasteiger partial charge in [0.2, 0.25) is 0 Å². The molecule has 0 saturated carbocycles. The van der Waals surface area contributed by atoms with E-state index in [2.05, 4.69) is 50.3 Å². The van der Waals surface area contributed by atoms with Crippen LogP contribution >= 0.6 is 0 Å². The van der Waals surface area contributed by atoms with Gasteiger partial charge in [0, 0.05) is 19.3 Å². The molecule has 0 rings (SSSR count). The zero-order valence-corrected chi connectivity index (χ0v) is 45.6. The average Bonchev–Trinajstić information content (AvgIpc) is 3.30. The quantitative estimate of drug-likeness (QED) is 0.0281. The van der Waals surface area contributed by atoms with Gasteiger partial charge in [-0.05, 0) is 70.6 Å². The standard InChI is InChI=1S/C60H111NO7/c1-6-8-10-12-14-16-18-20-22-24-26-28-30-32-34-36-38-40-42-44-46-48-50-58(62)67-55-56(54-66-53-52-57(60(64)65)61(3,4)5)68-59(63)51-49-47-45-43-41-39-37-35-33-31-29-27-25-23-21-19-17-15-13-11-9-7-2/h25,27,30-33,56-57H,6-24,26,28-29,34-55H2,1-5H3/p+1/b27-25+,32-30+,33-31+. The first-order chi connectivity index (χ1) is 33.1. The summed E-state index contributed by atoms with van der Waals surface area (Å²) in [6, 6.07) is -0.617. The van der Waals surface area contributed by atoms with Crippen LogP contribution in [0.3, 0.4) is 0 Å². The molecule has 0 heterocycles. The van der Waals surface area contributed by atoms with Crippen molar-refractivity contribution >= 4 is 17.9 Å². The molecular formula is C60H112NO7+. The molecule has 1 N–H and O–H groups in total. The van der Waals surface area contributed by atoms with Crippen molar-refractivity contribution in [3.8, 4) is 0 Å². The van der Waals surface area contributed by atoms with Gasteiger partial charge in [-0.25, -0.2) is 4.79 Å². The lowest BCUT2D eigenvalue weighted by molar-refractivity contribution is -0.887. The summed E-state index contributed by atoms with van der Waals surface area (Å²) in [5, 5.41) is 9.68. The van der Waals surface area contributed by atoms with Gasteiger partial charge < -0.3 is 23.8 Å². The second-order valence-electron chi connectivity index (χ2n) is 20.9. The highest BCUT2D eigenvalue weighted by Crippen LogP contribution is 2.16. The van der Waals surface area contributed by atoms with Crippen molar-refractivity contribution in [1.29, 1.82) is 0 Å². The summed E-state index contributed by atoms with van der Waals surface area (Å²) in [6.07, 6.45) is 62.1. The van der Waals surface area contributed by atoms with E-state index in [0.717, 1.165) is 51.4 Å². The van der Waals surface area contributed by atoms with Crippen LogP contribution in [-0.2, 0) is 28.6 Å². The fourth-order valence-electron chi connectivity index (χ4n) is 8.77. The van der Waals surface area contributed by atoms with Crippen molar-refractivity contribution in [1.82, 2.24) is 0 Å². The van der Waals surface area contributed by atoms with E-state index in [1.54, 1.807) is 0 Å². The monoisotopic (exact) mass is 959 g/mol. The Balaban J connectivity index is 4.18. The Morgan fingerprint density at radius 3 is 1.15 bits per heavy atom. The van der Waals surface area contributed by atoms with Gasteiger partial charge in [0.05, 0.1) is 34.4 Å². The van der Waals surface area contributed by atoms with Gasteiger partial charge in [0.25, 0.3) is 0 Å². The molecule has 0 saturated heterocycles. The van der Waals surface area contributed by atoms with Crippen molar-refractivity contribution < 1.29 is 38.2 Å². The number of carbonyl (C=O) groups excluding carboxylic acids is 2. The Kier molecular flexibility index (Phi) is 49.1. The number of nitrogens with zero attached hydrogens (tertiary/aromatic N) is 1. The Morgan fingerprint density at radius 1 is 0.441 bits per heavy atom. The van der Waals surface area contributed by atoms with Crippen LogP contribution in [0.4, 0.5) is 0 Å². The van der Waals surface area contributed by atoms with Gasteiger partial charge in [0.15, 0.2) is 12.1 Å². The minimum atomic E-state index is -0.874. The maximum atomic E-state index is 12.8. The average molecular weight is 960 g/mol. The van der Waals surface area contributed by atoms with Gasteiger partial charge in [-0.15, -0.1) is 0 Å². The van der Waals surface area contributed by atoms with Crippen LogP contribution in [0.25, 0.3) is 0 Å². The molecule has 0 aromatic rings. The molecule has 0 aromatic heterocycles. The van der Waals surface area contributed by atoms with Crippen LogP contribution in [0, 0.1) is 0 Å². The molecule has 0 radical (unpaired) electrons. The number of carbonyl (C=O) groups is 3. The number of esters is 2. The number of likely N-dealkylation sites (N-methyl/N-ethyl adjacent to an activating group) is 1. The van der Waals surface area contributed by atoms with Crippen molar-refractivity contribution in [2.45, 2.75) is 289 Å². The van der Waals surface area contributed by atoms with Crippen LogP contribution < -0.4 is 0 Å². The maximum absolute atomic E-state index is 12.8. The lowest BCUT2D eigenvalue weighted by atomic mass is 10.0. The molecule has 0 aliphatic carbocycles. The number of aliphatic carboxylic acids is 1. The molecule has 398 valence electrons. The maximum Gasteiger partial charge on any atom is 0.362 e. The highest BCUT2D eigenvalue weighted by Gasteiger charge is 2.31. The first kappa shape index (κ1) is 65.5. The number of hydrogen-bond acceptors (Lipinski definition) is 6. The number of carboxylic acid groups (broad SMARTS) is 1. The number of hydrogen-bond donors (Lipinski definition) is 1. The summed E-state index contributed by atoms with van der Waals surface area (Å²) >= 11 is 0. The summed E-state index contributed by atoms with van der Waals surface area (Å²) in [5.74, 6) is -1.47. The number of ether oxygens (including phenoxy) is 3. The van der Waals surface area contributed by atoms with E-state index < -0.39 is 18.1 Å². The minimum absolute atomic E-state index is 0.0543. The van der Waals surface area contributed by atoms with E-state index in [9.17, 15) is 19.5 Å². The SMILES string of the molecule is CCCCCCCCCC/C=C/C/C=C/CCCCCCCCCC(=O)OC(COCCC(C(=O)O)[N+](C)(C)C)COC(=O)CCCCCCCCC/C=C/CCCCCCCCCCCCC. The van der Waals surface area contributed by atoms with Crippen molar-refractivity contribution in [3.63, 3.8) is 0 Å². The lowest BCUT2D eigenvalue weighted by Gasteiger charge is -2.31. The third kappa shape index (κ3) is 48.6. The summed E-state index contributed by atoms with van der Waals surface area (Å²) in [6.45, 7) is 4.77. The smallest absolute Gasteiger partial charge is 0.362 e. The van der Waals surface area contributed by atoms with Gasteiger partial charge in [-0.3, -0.25) is 9.59 Å². The fourth-order valence-corrected chi connectivity index (χ4v) is 8.77. The molecule has 0 spiro atoms. The van der Waals surface area contributed by atoms with E-state index in [-0.39, 0.29) is 36.2 Å². The van der Waals surface area contributed by atoms with E-state index in [1.165, 1.54) is 193 Å². The van der Waals surface area contributed by atoms with Crippen LogP contribution in [0.2, 0.25) is 0 Å². The first-order valence-electron chi connectivity index (χ1n) is 29.0. The molecule has 0 aromatic carbocycles. The summed E-state index contributed by atoms with van der Waals surface area (Å²) in [5.41, 5.74) is 0. The topological polar surface area (TPSA) is 99.1 Å².